The zero-order valence-corrected chi connectivity index (χ0v) is 10.8. The van der Waals surface area contributed by atoms with E-state index in [1.165, 1.54) is 12.1 Å². The van der Waals surface area contributed by atoms with E-state index in [1.54, 1.807) is 12.1 Å². The first-order chi connectivity index (χ1) is 9.42. The summed E-state index contributed by atoms with van der Waals surface area (Å²) in [5.41, 5.74) is 0.776. The number of anilines is 1. The Labute approximate surface area is 114 Å². The van der Waals surface area contributed by atoms with Gasteiger partial charge >= 0.3 is 6.18 Å². The van der Waals surface area contributed by atoms with Gasteiger partial charge in [0, 0.05) is 5.69 Å². The molecule has 1 N–H and O–H groups in total. The maximum absolute atomic E-state index is 12.0. The van der Waals surface area contributed by atoms with E-state index >= 15 is 0 Å². The molecule has 0 fully saturated rings. The van der Waals surface area contributed by atoms with Crippen LogP contribution >= 0.6 is 0 Å². The van der Waals surface area contributed by atoms with Crippen LogP contribution in [0.15, 0.2) is 40.8 Å². The summed E-state index contributed by atoms with van der Waals surface area (Å²) in [5.74, 6) is 1.80. The van der Waals surface area contributed by atoms with Crippen molar-refractivity contribution in [3.63, 3.8) is 0 Å². The van der Waals surface area contributed by atoms with E-state index in [0.717, 1.165) is 17.2 Å². The minimum atomic E-state index is -4.33. The second kappa shape index (κ2) is 5.90. The van der Waals surface area contributed by atoms with Crippen LogP contribution in [-0.4, -0.2) is 12.8 Å². The fraction of sp³-hybridized carbons (Fsp3) is 0.286. The molecule has 0 saturated carbocycles. The van der Waals surface area contributed by atoms with Crippen molar-refractivity contribution >= 4 is 5.69 Å². The molecule has 108 valence electrons. The number of benzene rings is 1. The van der Waals surface area contributed by atoms with Gasteiger partial charge in [-0.1, -0.05) is 0 Å². The monoisotopic (exact) mass is 285 g/mol. The zero-order valence-electron chi connectivity index (χ0n) is 10.8. The molecule has 0 saturated heterocycles. The van der Waals surface area contributed by atoms with Gasteiger partial charge in [-0.15, -0.1) is 0 Å². The minimum Gasteiger partial charge on any atom is -0.484 e. The summed E-state index contributed by atoms with van der Waals surface area (Å²) < 4.78 is 46.0. The molecule has 0 unspecified atom stereocenters. The van der Waals surface area contributed by atoms with Crippen LogP contribution in [0.4, 0.5) is 18.9 Å². The molecule has 0 radical (unpaired) electrons. The minimum absolute atomic E-state index is 0.182. The van der Waals surface area contributed by atoms with Crippen molar-refractivity contribution in [2.75, 3.05) is 11.9 Å². The SMILES string of the molecule is Cc1ccc(CNc2ccc(OCC(F)(F)F)cc2)o1. The smallest absolute Gasteiger partial charge is 0.422 e. The highest BCUT2D eigenvalue weighted by atomic mass is 19.4. The van der Waals surface area contributed by atoms with Gasteiger partial charge in [0.15, 0.2) is 6.61 Å². The van der Waals surface area contributed by atoms with E-state index in [9.17, 15) is 13.2 Å². The number of rotatable bonds is 5. The summed E-state index contributed by atoms with van der Waals surface area (Å²) in [5, 5.41) is 3.10. The van der Waals surface area contributed by atoms with Crippen molar-refractivity contribution in [3.05, 3.63) is 47.9 Å². The van der Waals surface area contributed by atoms with Crippen LogP contribution < -0.4 is 10.1 Å². The van der Waals surface area contributed by atoms with Crippen LogP contribution in [0.25, 0.3) is 0 Å². The molecule has 0 aliphatic rings. The van der Waals surface area contributed by atoms with E-state index < -0.39 is 12.8 Å². The maximum atomic E-state index is 12.0. The average molecular weight is 285 g/mol. The lowest BCUT2D eigenvalue weighted by Crippen LogP contribution is -2.19. The Morgan fingerprint density at radius 2 is 1.80 bits per heavy atom. The fourth-order valence-electron chi connectivity index (χ4n) is 1.60. The van der Waals surface area contributed by atoms with Crippen molar-refractivity contribution in [2.45, 2.75) is 19.6 Å². The van der Waals surface area contributed by atoms with Crippen molar-refractivity contribution < 1.29 is 22.3 Å². The Bertz CT molecular complexity index is 546. The highest BCUT2D eigenvalue weighted by molar-refractivity contribution is 5.46. The third kappa shape index (κ3) is 4.53. The first-order valence-electron chi connectivity index (χ1n) is 6.01. The van der Waals surface area contributed by atoms with Gasteiger partial charge in [-0.3, -0.25) is 0 Å². The number of furan rings is 1. The second-order valence-electron chi connectivity index (χ2n) is 4.29. The van der Waals surface area contributed by atoms with E-state index in [4.69, 9.17) is 4.42 Å². The summed E-state index contributed by atoms with van der Waals surface area (Å²) in [7, 11) is 0. The molecule has 0 atom stereocenters. The van der Waals surface area contributed by atoms with Crippen LogP contribution in [0.1, 0.15) is 11.5 Å². The van der Waals surface area contributed by atoms with Gasteiger partial charge in [-0.25, -0.2) is 0 Å². The number of alkyl halides is 3. The third-order valence-electron chi connectivity index (χ3n) is 2.52. The predicted octanol–water partition coefficient (Wildman–Crippen LogP) is 4.14. The number of aryl methyl sites for hydroxylation is 1. The molecule has 1 aromatic heterocycles. The van der Waals surface area contributed by atoms with Gasteiger partial charge in [0.25, 0.3) is 0 Å². The summed E-state index contributed by atoms with van der Waals surface area (Å²) in [4.78, 5) is 0. The number of hydrogen-bond acceptors (Lipinski definition) is 3. The molecule has 0 bridgehead atoms. The quantitative estimate of drug-likeness (QED) is 0.896. The molecule has 2 aromatic rings. The Morgan fingerprint density at radius 1 is 1.10 bits per heavy atom. The summed E-state index contributed by atoms with van der Waals surface area (Å²) >= 11 is 0. The van der Waals surface area contributed by atoms with Gasteiger partial charge in [-0.05, 0) is 43.3 Å². The third-order valence-corrected chi connectivity index (χ3v) is 2.52. The molecule has 6 heteroatoms. The Hall–Kier alpha value is -2.11. The number of ether oxygens (including phenoxy) is 1. The fourth-order valence-corrected chi connectivity index (χ4v) is 1.60. The molecular weight excluding hydrogens is 271 g/mol. The van der Waals surface area contributed by atoms with Crippen LogP contribution in [-0.2, 0) is 6.54 Å². The van der Waals surface area contributed by atoms with Gasteiger partial charge in [-0.2, -0.15) is 13.2 Å². The van der Waals surface area contributed by atoms with E-state index in [0.29, 0.717) is 6.54 Å². The van der Waals surface area contributed by atoms with Crippen LogP contribution in [0.5, 0.6) is 5.75 Å². The lowest BCUT2D eigenvalue weighted by molar-refractivity contribution is -0.153. The molecule has 3 nitrogen and oxygen atoms in total. The maximum Gasteiger partial charge on any atom is 0.422 e. The molecule has 1 aromatic carbocycles. The second-order valence-corrected chi connectivity index (χ2v) is 4.29. The average Bonchev–Trinajstić information content (AvgIpc) is 2.80. The van der Waals surface area contributed by atoms with Gasteiger partial charge < -0.3 is 14.5 Å². The number of halogens is 3. The Balaban J connectivity index is 1.85. The molecule has 20 heavy (non-hydrogen) atoms. The van der Waals surface area contributed by atoms with Gasteiger partial charge in [0.05, 0.1) is 6.54 Å². The van der Waals surface area contributed by atoms with Crippen LogP contribution in [0.2, 0.25) is 0 Å². The molecule has 2 rings (SSSR count). The standard InChI is InChI=1S/C14H14F3NO2/c1-10-2-5-13(20-10)8-18-11-3-6-12(7-4-11)19-9-14(15,16)17/h2-7,18H,8-9H2,1H3. The van der Waals surface area contributed by atoms with Crippen LogP contribution in [0.3, 0.4) is 0 Å². The Morgan fingerprint density at radius 3 is 2.35 bits per heavy atom. The first-order valence-corrected chi connectivity index (χ1v) is 6.01. The normalized spacial score (nSPS) is 11.4. The van der Waals surface area contributed by atoms with Gasteiger partial charge in [0.2, 0.25) is 0 Å². The Kier molecular flexibility index (Phi) is 4.22. The predicted molar refractivity (Wildman–Crippen MR) is 68.8 cm³/mol. The lowest BCUT2D eigenvalue weighted by Gasteiger charge is -2.10. The topological polar surface area (TPSA) is 34.4 Å². The van der Waals surface area contributed by atoms with Crippen LogP contribution in [0, 0.1) is 6.92 Å². The number of hydrogen-bond donors (Lipinski definition) is 1. The van der Waals surface area contributed by atoms with Crippen molar-refractivity contribution in [2.24, 2.45) is 0 Å². The zero-order chi connectivity index (χ0) is 14.6. The van der Waals surface area contributed by atoms with Crippen molar-refractivity contribution in [1.29, 1.82) is 0 Å². The van der Waals surface area contributed by atoms with E-state index in [1.807, 2.05) is 19.1 Å². The van der Waals surface area contributed by atoms with E-state index in [-0.39, 0.29) is 5.75 Å². The number of nitrogens with one attached hydrogen (secondary N) is 1. The highest BCUT2D eigenvalue weighted by Crippen LogP contribution is 2.20. The highest BCUT2D eigenvalue weighted by Gasteiger charge is 2.28. The summed E-state index contributed by atoms with van der Waals surface area (Å²) in [6.07, 6.45) is -4.33. The largest absolute Gasteiger partial charge is 0.484 e. The van der Waals surface area contributed by atoms with Crippen molar-refractivity contribution in [1.82, 2.24) is 0 Å². The molecule has 0 aliphatic carbocycles. The van der Waals surface area contributed by atoms with Gasteiger partial charge in [0.1, 0.15) is 17.3 Å². The molecule has 0 spiro atoms. The lowest BCUT2D eigenvalue weighted by atomic mass is 10.3. The van der Waals surface area contributed by atoms with Crippen molar-refractivity contribution in [3.8, 4) is 5.75 Å². The molecule has 0 amide bonds. The summed E-state index contributed by atoms with van der Waals surface area (Å²) in [6.45, 7) is 1.08. The summed E-state index contributed by atoms with van der Waals surface area (Å²) in [6, 6.07) is 10.0. The molecule has 1 heterocycles. The van der Waals surface area contributed by atoms with E-state index in [2.05, 4.69) is 10.1 Å². The molecular formula is C14H14F3NO2. The molecule has 0 aliphatic heterocycles. The first kappa shape index (κ1) is 14.3.